The Labute approximate surface area is 110 Å². The minimum absolute atomic E-state index is 0.319. The normalized spacial score (nSPS) is 21.6. The molecule has 106 valence electrons. The Morgan fingerprint density at radius 3 is 3.00 bits per heavy atom. The van der Waals surface area contributed by atoms with Crippen molar-refractivity contribution in [2.45, 2.75) is 38.3 Å². The zero-order valence-electron chi connectivity index (χ0n) is 11.0. The van der Waals surface area contributed by atoms with E-state index in [1.54, 1.807) is 4.68 Å². The predicted octanol–water partition coefficient (Wildman–Crippen LogP) is 0.596. The van der Waals surface area contributed by atoms with Crippen LogP contribution in [0.2, 0.25) is 0 Å². The Balaban J connectivity index is 1.90. The molecule has 7 heteroatoms. The van der Waals surface area contributed by atoms with E-state index in [1.165, 1.54) is 0 Å². The molecule has 2 heterocycles. The van der Waals surface area contributed by atoms with Gasteiger partial charge in [0.2, 0.25) is 5.91 Å². The van der Waals surface area contributed by atoms with Gasteiger partial charge >= 0.3 is 0 Å². The molecule has 0 saturated carbocycles. The molecule has 1 amide bonds. The molecular formula is C12H18F2N4O. The second kappa shape index (κ2) is 5.24. The van der Waals surface area contributed by atoms with Crippen LogP contribution in [-0.4, -0.2) is 34.2 Å². The van der Waals surface area contributed by atoms with E-state index in [0.29, 0.717) is 6.54 Å². The van der Waals surface area contributed by atoms with Crippen LogP contribution in [0.3, 0.4) is 0 Å². The second-order valence-corrected chi connectivity index (χ2v) is 4.84. The SMILES string of the molecule is CCc1nn(C)cc1CNC(=O)C1CC(F)(F)CN1. The van der Waals surface area contributed by atoms with E-state index in [2.05, 4.69) is 15.7 Å². The van der Waals surface area contributed by atoms with Crippen LogP contribution in [-0.2, 0) is 24.8 Å². The minimum Gasteiger partial charge on any atom is -0.351 e. The van der Waals surface area contributed by atoms with E-state index in [4.69, 9.17) is 0 Å². The summed E-state index contributed by atoms with van der Waals surface area (Å²) in [6.07, 6.45) is 2.16. The van der Waals surface area contributed by atoms with Gasteiger partial charge in [-0.25, -0.2) is 8.78 Å². The van der Waals surface area contributed by atoms with Crippen molar-refractivity contribution in [1.29, 1.82) is 0 Å². The summed E-state index contributed by atoms with van der Waals surface area (Å²) in [5.41, 5.74) is 1.83. The zero-order chi connectivity index (χ0) is 14.0. The number of alkyl halides is 2. The Morgan fingerprint density at radius 1 is 1.68 bits per heavy atom. The summed E-state index contributed by atoms with van der Waals surface area (Å²) >= 11 is 0. The molecule has 0 radical (unpaired) electrons. The van der Waals surface area contributed by atoms with Crippen LogP contribution in [0.1, 0.15) is 24.6 Å². The van der Waals surface area contributed by atoms with Gasteiger partial charge in [-0.15, -0.1) is 0 Å². The highest BCUT2D eigenvalue weighted by atomic mass is 19.3. The van der Waals surface area contributed by atoms with Crippen LogP contribution >= 0.6 is 0 Å². The van der Waals surface area contributed by atoms with Crippen molar-refractivity contribution < 1.29 is 13.6 Å². The average Bonchev–Trinajstić information content (AvgIpc) is 2.88. The van der Waals surface area contributed by atoms with Gasteiger partial charge < -0.3 is 5.32 Å². The number of amides is 1. The van der Waals surface area contributed by atoms with E-state index >= 15 is 0 Å². The molecule has 0 aliphatic carbocycles. The number of carbonyl (C=O) groups is 1. The molecule has 5 nitrogen and oxygen atoms in total. The maximum absolute atomic E-state index is 13.0. The molecule has 2 N–H and O–H groups in total. The highest BCUT2D eigenvalue weighted by molar-refractivity contribution is 5.82. The molecular weight excluding hydrogens is 254 g/mol. The van der Waals surface area contributed by atoms with Gasteiger partial charge in [-0.2, -0.15) is 5.10 Å². The molecule has 2 rings (SSSR count). The van der Waals surface area contributed by atoms with Crippen LogP contribution in [0.15, 0.2) is 6.20 Å². The highest BCUT2D eigenvalue weighted by Gasteiger charge is 2.42. The summed E-state index contributed by atoms with van der Waals surface area (Å²) in [4.78, 5) is 11.8. The minimum atomic E-state index is -2.79. The zero-order valence-corrected chi connectivity index (χ0v) is 11.0. The summed E-state index contributed by atoms with van der Waals surface area (Å²) in [5.74, 6) is -3.17. The maximum atomic E-state index is 13.0. The molecule has 0 aromatic carbocycles. The van der Waals surface area contributed by atoms with E-state index in [0.717, 1.165) is 17.7 Å². The first-order valence-corrected chi connectivity index (χ1v) is 6.31. The Hall–Kier alpha value is -1.50. The number of hydrogen-bond acceptors (Lipinski definition) is 3. The quantitative estimate of drug-likeness (QED) is 0.843. The third-order valence-electron chi connectivity index (χ3n) is 3.21. The van der Waals surface area contributed by atoms with Gasteiger partial charge in [-0.05, 0) is 6.42 Å². The molecule has 19 heavy (non-hydrogen) atoms. The van der Waals surface area contributed by atoms with E-state index in [-0.39, 0.29) is 5.91 Å². The Kier molecular flexibility index (Phi) is 3.84. The number of nitrogens with one attached hydrogen (secondary N) is 2. The van der Waals surface area contributed by atoms with Crippen molar-refractivity contribution >= 4 is 5.91 Å². The monoisotopic (exact) mass is 272 g/mol. The molecule has 1 saturated heterocycles. The Bertz CT molecular complexity index is 472. The van der Waals surface area contributed by atoms with Crippen molar-refractivity contribution in [1.82, 2.24) is 20.4 Å². The van der Waals surface area contributed by atoms with E-state index < -0.39 is 24.9 Å². The van der Waals surface area contributed by atoms with Crippen LogP contribution in [0, 0.1) is 0 Å². The number of carbonyl (C=O) groups excluding carboxylic acids is 1. The maximum Gasteiger partial charge on any atom is 0.262 e. The summed E-state index contributed by atoms with van der Waals surface area (Å²) < 4.78 is 27.7. The highest BCUT2D eigenvalue weighted by Crippen LogP contribution is 2.25. The van der Waals surface area contributed by atoms with E-state index in [9.17, 15) is 13.6 Å². The molecule has 1 atom stereocenters. The lowest BCUT2D eigenvalue weighted by molar-refractivity contribution is -0.123. The van der Waals surface area contributed by atoms with Crippen molar-refractivity contribution in [3.8, 4) is 0 Å². The molecule has 1 aromatic heterocycles. The fourth-order valence-corrected chi connectivity index (χ4v) is 2.24. The summed E-state index contributed by atoms with van der Waals surface area (Å²) in [7, 11) is 1.81. The third kappa shape index (κ3) is 3.28. The number of nitrogens with zero attached hydrogens (tertiary/aromatic N) is 2. The van der Waals surface area contributed by atoms with Gasteiger partial charge in [0.1, 0.15) is 0 Å². The van der Waals surface area contributed by atoms with Crippen molar-refractivity contribution in [3.05, 3.63) is 17.5 Å². The van der Waals surface area contributed by atoms with Crippen LogP contribution < -0.4 is 10.6 Å². The summed E-state index contributed by atoms with van der Waals surface area (Å²) in [6, 6.07) is -0.809. The van der Waals surface area contributed by atoms with Crippen LogP contribution in [0.5, 0.6) is 0 Å². The smallest absolute Gasteiger partial charge is 0.262 e. The molecule has 1 aromatic rings. The number of hydrogen-bond donors (Lipinski definition) is 2. The molecule has 1 aliphatic rings. The lowest BCUT2D eigenvalue weighted by Crippen LogP contribution is -2.40. The van der Waals surface area contributed by atoms with Gasteiger partial charge in [0.15, 0.2) is 0 Å². The molecule has 1 aliphatic heterocycles. The lowest BCUT2D eigenvalue weighted by Gasteiger charge is -2.11. The van der Waals surface area contributed by atoms with Crippen molar-refractivity contribution in [3.63, 3.8) is 0 Å². The first kappa shape index (κ1) is 13.9. The molecule has 1 unspecified atom stereocenters. The third-order valence-corrected chi connectivity index (χ3v) is 3.21. The lowest BCUT2D eigenvalue weighted by atomic mass is 10.1. The molecule has 0 bridgehead atoms. The second-order valence-electron chi connectivity index (χ2n) is 4.84. The fraction of sp³-hybridized carbons (Fsp3) is 0.667. The number of rotatable bonds is 4. The standard InChI is InChI=1S/C12H18F2N4O/c1-3-9-8(6-18(2)17-9)5-15-11(19)10-4-12(13,14)7-16-10/h6,10,16H,3-5,7H2,1-2H3,(H,15,19). The summed E-state index contributed by atoms with van der Waals surface area (Å²) in [5, 5.41) is 9.47. The molecule has 0 spiro atoms. The van der Waals surface area contributed by atoms with Crippen molar-refractivity contribution in [2.24, 2.45) is 7.05 Å². The van der Waals surface area contributed by atoms with Gasteiger partial charge in [0, 0.05) is 31.8 Å². The van der Waals surface area contributed by atoms with Crippen LogP contribution in [0.4, 0.5) is 8.78 Å². The largest absolute Gasteiger partial charge is 0.351 e. The number of aryl methyl sites for hydroxylation is 2. The fourth-order valence-electron chi connectivity index (χ4n) is 2.24. The topological polar surface area (TPSA) is 59.0 Å². The van der Waals surface area contributed by atoms with E-state index in [1.807, 2.05) is 20.2 Å². The summed E-state index contributed by atoms with van der Waals surface area (Å²) in [6.45, 7) is 1.87. The van der Waals surface area contributed by atoms with Crippen molar-refractivity contribution in [2.75, 3.05) is 6.54 Å². The first-order valence-electron chi connectivity index (χ1n) is 6.31. The van der Waals surface area contributed by atoms with Gasteiger partial charge in [0.05, 0.1) is 18.3 Å². The average molecular weight is 272 g/mol. The van der Waals surface area contributed by atoms with Gasteiger partial charge in [0.25, 0.3) is 5.92 Å². The van der Waals surface area contributed by atoms with Crippen LogP contribution in [0.25, 0.3) is 0 Å². The molecule has 1 fully saturated rings. The number of halogens is 2. The first-order chi connectivity index (χ1) is 8.91. The van der Waals surface area contributed by atoms with Gasteiger partial charge in [-0.1, -0.05) is 6.92 Å². The predicted molar refractivity (Wildman–Crippen MR) is 65.8 cm³/mol. The Morgan fingerprint density at radius 2 is 2.42 bits per heavy atom. The van der Waals surface area contributed by atoms with Gasteiger partial charge in [-0.3, -0.25) is 14.8 Å². The number of aromatic nitrogens is 2.